The predicted octanol–water partition coefficient (Wildman–Crippen LogP) is 2.80. The number of likely N-dealkylation sites (N-methyl/N-ethyl adjacent to an activating group) is 1. The summed E-state index contributed by atoms with van der Waals surface area (Å²) in [4.78, 5) is 32.7. The molecule has 1 amide bonds. The molecular weight excluding hydrogens is 430 g/mol. The number of unbranched alkanes of at least 4 members (excludes halogenated alkanes) is 1. The highest BCUT2D eigenvalue weighted by atomic mass is 32.2. The van der Waals surface area contributed by atoms with Crippen LogP contribution in [0.4, 0.5) is 5.82 Å². The number of rotatable bonds is 6. The minimum atomic E-state index is -0.274. The van der Waals surface area contributed by atoms with E-state index in [-0.39, 0.29) is 17.0 Å². The van der Waals surface area contributed by atoms with Crippen LogP contribution in [0, 0.1) is 18.3 Å². The molecule has 3 rings (SSSR count). The average molecular weight is 460 g/mol. The van der Waals surface area contributed by atoms with Crippen molar-refractivity contribution in [2.75, 3.05) is 44.7 Å². The van der Waals surface area contributed by atoms with Crippen molar-refractivity contribution in [3.8, 4) is 6.07 Å². The summed E-state index contributed by atoms with van der Waals surface area (Å²) >= 11 is 6.74. The van der Waals surface area contributed by atoms with Crippen molar-refractivity contribution in [1.82, 2.24) is 14.4 Å². The SMILES string of the molecule is CCCCN1C(=O)C(=Cc2c(C)c(C#N)c(=O)n(CC)c2N2CCN(C)CC2)SC1=S. The Bertz CT molecular complexity index is 1020. The highest BCUT2D eigenvalue weighted by Gasteiger charge is 2.33. The van der Waals surface area contributed by atoms with Crippen LogP contribution in [-0.2, 0) is 11.3 Å². The number of piperazine rings is 1. The van der Waals surface area contributed by atoms with Crippen LogP contribution in [0.5, 0.6) is 0 Å². The molecule has 7 nitrogen and oxygen atoms in total. The third-order valence-corrected chi connectivity index (χ3v) is 7.23. The molecule has 1 aromatic heterocycles. The van der Waals surface area contributed by atoms with Crippen LogP contribution in [0.2, 0.25) is 0 Å². The first-order chi connectivity index (χ1) is 14.8. The fraction of sp³-hybridized carbons (Fsp3) is 0.545. The number of hydrogen-bond acceptors (Lipinski definition) is 7. The molecule has 0 bridgehead atoms. The Morgan fingerprint density at radius 2 is 1.87 bits per heavy atom. The smallest absolute Gasteiger partial charge is 0.270 e. The van der Waals surface area contributed by atoms with E-state index < -0.39 is 0 Å². The van der Waals surface area contributed by atoms with Crippen molar-refractivity contribution in [3.63, 3.8) is 0 Å². The Morgan fingerprint density at radius 3 is 2.45 bits per heavy atom. The van der Waals surface area contributed by atoms with E-state index in [1.807, 2.05) is 13.0 Å². The number of amides is 1. The molecule has 0 spiro atoms. The Labute approximate surface area is 193 Å². The van der Waals surface area contributed by atoms with E-state index in [0.717, 1.165) is 50.4 Å². The Balaban J connectivity index is 2.16. The number of thioether (sulfide) groups is 1. The largest absolute Gasteiger partial charge is 0.355 e. The average Bonchev–Trinajstić information content (AvgIpc) is 3.02. The minimum absolute atomic E-state index is 0.0973. The topological polar surface area (TPSA) is 72.6 Å². The molecule has 0 saturated carbocycles. The number of carbonyl (C=O) groups is 1. The maximum Gasteiger partial charge on any atom is 0.270 e. The van der Waals surface area contributed by atoms with Crippen LogP contribution < -0.4 is 10.5 Å². The summed E-state index contributed by atoms with van der Waals surface area (Å²) < 4.78 is 2.23. The summed E-state index contributed by atoms with van der Waals surface area (Å²) in [5.41, 5.74) is 1.24. The Hall–Kier alpha value is -2.15. The molecule has 2 aliphatic heterocycles. The van der Waals surface area contributed by atoms with Gasteiger partial charge in [0.25, 0.3) is 11.5 Å². The summed E-state index contributed by atoms with van der Waals surface area (Å²) in [5, 5.41) is 9.67. The lowest BCUT2D eigenvalue weighted by Gasteiger charge is -2.36. The predicted molar refractivity (Wildman–Crippen MR) is 130 cm³/mol. The van der Waals surface area contributed by atoms with Gasteiger partial charge in [-0.1, -0.05) is 37.3 Å². The molecular formula is C22H29N5O2S2. The second kappa shape index (κ2) is 9.98. The van der Waals surface area contributed by atoms with Crippen molar-refractivity contribution in [3.05, 3.63) is 31.9 Å². The van der Waals surface area contributed by atoms with Crippen LogP contribution in [-0.4, -0.2) is 64.4 Å². The maximum atomic E-state index is 13.0. The fourth-order valence-electron chi connectivity index (χ4n) is 3.94. The molecule has 0 atom stereocenters. The van der Waals surface area contributed by atoms with Gasteiger partial charge in [-0.3, -0.25) is 19.1 Å². The van der Waals surface area contributed by atoms with E-state index in [1.54, 1.807) is 16.4 Å². The third-order valence-electron chi connectivity index (χ3n) is 5.85. The van der Waals surface area contributed by atoms with Gasteiger partial charge in [-0.15, -0.1) is 0 Å². The van der Waals surface area contributed by atoms with Gasteiger partial charge in [0.05, 0.1) is 4.91 Å². The highest BCUT2D eigenvalue weighted by Crippen LogP contribution is 2.36. The molecule has 166 valence electrons. The lowest BCUT2D eigenvalue weighted by atomic mass is 10.0. The summed E-state index contributed by atoms with van der Waals surface area (Å²) in [5.74, 6) is 0.691. The van der Waals surface area contributed by atoms with Gasteiger partial charge in [-0.25, -0.2) is 0 Å². The van der Waals surface area contributed by atoms with Crippen LogP contribution in [0.25, 0.3) is 6.08 Å². The molecule has 2 aliphatic rings. The number of nitriles is 1. The molecule has 2 fully saturated rings. The quantitative estimate of drug-likeness (QED) is 0.478. The molecule has 9 heteroatoms. The van der Waals surface area contributed by atoms with Gasteiger partial charge in [0.15, 0.2) is 0 Å². The highest BCUT2D eigenvalue weighted by molar-refractivity contribution is 8.26. The van der Waals surface area contributed by atoms with E-state index in [1.165, 1.54) is 11.8 Å². The monoisotopic (exact) mass is 459 g/mol. The zero-order valence-electron chi connectivity index (χ0n) is 18.6. The van der Waals surface area contributed by atoms with Crippen molar-refractivity contribution in [1.29, 1.82) is 5.26 Å². The van der Waals surface area contributed by atoms with Crippen molar-refractivity contribution >= 4 is 46.1 Å². The standard InChI is InChI=1S/C22H29N5O2S2/c1-5-7-8-27-21(29)18(31-22(27)30)13-16-15(3)17(14-23)20(28)26(6-2)19(16)25-11-9-24(4)10-12-25/h13H,5-12H2,1-4H3. The van der Waals surface area contributed by atoms with Gasteiger partial charge in [0.2, 0.25) is 0 Å². The number of aromatic nitrogens is 1. The summed E-state index contributed by atoms with van der Waals surface area (Å²) in [6.07, 6.45) is 3.71. The first kappa shape index (κ1) is 23.5. The van der Waals surface area contributed by atoms with Crippen LogP contribution >= 0.6 is 24.0 Å². The van der Waals surface area contributed by atoms with E-state index >= 15 is 0 Å². The molecule has 0 aromatic carbocycles. The van der Waals surface area contributed by atoms with E-state index in [9.17, 15) is 14.9 Å². The fourth-order valence-corrected chi connectivity index (χ4v) is 5.23. The number of pyridine rings is 1. The van der Waals surface area contributed by atoms with E-state index in [2.05, 4.69) is 29.8 Å². The minimum Gasteiger partial charge on any atom is -0.355 e. The molecule has 2 saturated heterocycles. The van der Waals surface area contributed by atoms with Crippen LogP contribution in [0.3, 0.4) is 0 Å². The van der Waals surface area contributed by atoms with Gasteiger partial charge in [-0.05, 0) is 39.0 Å². The first-order valence-corrected chi connectivity index (χ1v) is 11.9. The Morgan fingerprint density at radius 1 is 1.19 bits per heavy atom. The molecule has 31 heavy (non-hydrogen) atoms. The number of nitrogens with zero attached hydrogens (tertiary/aromatic N) is 5. The lowest BCUT2D eigenvalue weighted by Crippen LogP contribution is -2.47. The number of anilines is 1. The van der Waals surface area contributed by atoms with Crippen molar-refractivity contribution in [2.45, 2.75) is 40.2 Å². The van der Waals surface area contributed by atoms with Gasteiger partial charge in [-0.2, -0.15) is 5.26 Å². The lowest BCUT2D eigenvalue weighted by molar-refractivity contribution is -0.122. The van der Waals surface area contributed by atoms with Crippen LogP contribution in [0.15, 0.2) is 9.70 Å². The van der Waals surface area contributed by atoms with Gasteiger partial charge in [0, 0.05) is 44.8 Å². The summed E-state index contributed by atoms with van der Waals surface area (Å²) in [6.45, 7) is 10.2. The maximum absolute atomic E-state index is 13.0. The molecule has 3 heterocycles. The van der Waals surface area contributed by atoms with Crippen molar-refractivity contribution in [2.24, 2.45) is 0 Å². The van der Waals surface area contributed by atoms with E-state index in [0.29, 0.717) is 27.9 Å². The second-order valence-electron chi connectivity index (χ2n) is 7.88. The number of carbonyl (C=O) groups excluding carboxylic acids is 1. The zero-order chi connectivity index (χ0) is 22.7. The molecule has 0 N–H and O–H groups in total. The third kappa shape index (κ3) is 4.56. The molecule has 0 radical (unpaired) electrons. The van der Waals surface area contributed by atoms with Gasteiger partial charge in [0.1, 0.15) is 21.8 Å². The zero-order valence-corrected chi connectivity index (χ0v) is 20.2. The van der Waals surface area contributed by atoms with Crippen molar-refractivity contribution < 1.29 is 4.79 Å². The first-order valence-electron chi connectivity index (χ1n) is 10.7. The molecule has 1 aromatic rings. The summed E-state index contributed by atoms with van der Waals surface area (Å²) in [7, 11) is 2.08. The van der Waals surface area contributed by atoms with Crippen LogP contribution in [0.1, 0.15) is 43.4 Å². The number of thiocarbonyl (C=S) groups is 1. The van der Waals surface area contributed by atoms with Gasteiger partial charge >= 0.3 is 0 Å². The second-order valence-corrected chi connectivity index (χ2v) is 9.55. The summed E-state index contributed by atoms with van der Waals surface area (Å²) in [6, 6.07) is 2.08. The Kier molecular flexibility index (Phi) is 7.57. The van der Waals surface area contributed by atoms with E-state index in [4.69, 9.17) is 12.2 Å². The number of hydrogen-bond donors (Lipinski definition) is 0. The van der Waals surface area contributed by atoms with Gasteiger partial charge < -0.3 is 9.80 Å². The molecule has 0 aliphatic carbocycles. The normalized spacial score (nSPS) is 18.9. The molecule has 0 unspecified atom stereocenters.